The maximum atomic E-state index is 12.3. The fraction of sp³-hybridized carbons (Fsp3) is 0.278. The Kier molecular flexibility index (Phi) is 4.28. The molecule has 1 N–H and O–H groups in total. The minimum Gasteiger partial charge on any atom is -0.490 e. The lowest BCUT2D eigenvalue weighted by Crippen LogP contribution is -2.12. The van der Waals surface area contributed by atoms with E-state index in [2.05, 4.69) is 12.2 Å². The Hall–Kier alpha value is -2.49. The molecule has 0 aliphatic carbocycles. The van der Waals surface area contributed by atoms with Gasteiger partial charge in [-0.3, -0.25) is 4.79 Å². The van der Waals surface area contributed by atoms with Gasteiger partial charge in [-0.2, -0.15) is 0 Å². The number of carbonyl (C=O) groups excluding carboxylic acids is 1. The third-order valence-corrected chi connectivity index (χ3v) is 3.63. The maximum Gasteiger partial charge on any atom is 0.255 e. The average molecular weight is 297 g/mol. The first kappa shape index (κ1) is 14.4. The van der Waals surface area contributed by atoms with E-state index in [-0.39, 0.29) is 5.91 Å². The van der Waals surface area contributed by atoms with Crippen molar-refractivity contribution in [3.8, 4) is 11.5 Å². The number of hydrogen-bond donors (Lipinski definition) is 1. The van der Waals surface area contributed by atoms with Crippen molar-refractivity contribution < 1.29 is 14.3 Å². The van der Waals surface area contributed by atoms with Crippen LogP contribution < -0.4 is 14.8 Å². The van der Waals surface area contributed by atoms with E-state index in [1.165, 1.54) is 5.56 Å². The van der Waals surface area contributed by atoms with Crippen molar-refractivity contribution in [3.63, 3.8) is 0 Å². The van der Waals surface area contributed by atoms with Gasteiger partial charge in [0.05, 0.1) is 13.2 Å². The van der Waals surface area contributed by atoms with Crippen LogP contribution in [0.15, 0.2) is 42.5 Å². The Labute approximate surface area is 130 Å². The minimum absolute atomic E-state index is 0.128. The van der Waals surface area contributed by atoms with Crippen LogP contribution in [0.5, 0.6) is 11.5 Å². The second-order valence-corrected chi connectivity index (χ2v) is 5.22. The molecule has 0 atom stereocenters. The number of anilines is 1. The summed E-state index contributed by atoms with van der Waals surface area (Å²) in [5.41, 5.74) is 2.56. The highest BCUT2D eigenvalue weighted by Gasteiger charge is 2.12. The van der Waals surface area contributed by atoms with E-state index < -0.39 is 0 Å². The van der Waals surface area contributed by atoms with Crippen LogP contribution in [0.3, 0.4) is 0 Å². The molecule has 2 aromatic rings. The van der Waals surface area contributed by atoms with Crippen LogP contribution in [0, 0.1) is 0 Å². The molecule has 0 spiro atoms. The molecule has 0 bridgehead atoms. The van der Waals surface area contributed by atoms with Gasteiger partial charge in [0.15, 0.2) is 11.5 Å². The van der Waals surface area contributed by atoms with Gasteiger partial charge in [0.2, 0.25) is 0 Å². The molecule has 1 aliphatic rings. The lowest BCUT2D eigenvalue weighted by atomic mass is 10.1. The van der Waals surface area contributed by atoms with Crippen LogP contribution in [0.4, 0.5) is 5.69 Å². The highest BCUT2D eigenvalue weighted by atomic mass is 16.5. The van der Waals surface area contributed by atoms with Gasteiger partial charge in [0, 0.05) is 23.7 Å². The Balaban J connectivity index is 1.74. The zero-order valence-corrected chi connectivity index (χ0v) is 12.6. The monoisotopic (exact) mass is 297 g/mol. The number of rotatable bonds is 3. The number of carbonyl (C=O) groups is 1. The third kappa shape index (κ3) is 3.22. The highest BCUT2D eigenvalue weighted by Crippen LogP contribution is 2.32. The van der Waals surface area contributed by atoms with Crippen LogP contribution >= 0.6 is 0 Å². The van der Waals surface area contributed by atoms with Crippen LogP contribution in [0.2, 0.25) is 0 Å². The molecule has 0 saturated carbocycles. The van der Waals surface area contributed by atoms with Crippen molar-refractivity contribution in [2.45, 2.75) is 19.8 Å². The third-order valence-electron chi connectivity index (χ3n) is 3.63. The van der Waals surface area contributed by atoms with E-state index in [1.807, 2.05) is 36.4 Å². The molecule has 3 rings (SSSR count). The molecule has 4 heteroatoms. The van der Waals surface area contributed by atoms with Gasteiger partial charge in [-0.1, -0.05) is 19.1 Å². The second-order valence-electron chi connectivity index (χ2n) is 5.22. The van der Waals surface area contributed by atoms with Gasteiger partial charge < -0.3 is 14.8 Å². The maximum absolute atomic E-state index is 12.3. The molecule has 22 heavy (non-hydrogen) atoms. The molecule has 4 nitrogen and oxygen atoms in total. The molecule has 1 heterocycles. The summed E-state index contributed by atoms with van der Waals surface area (Å²) < 4.78 is 11.2. The van der Waals surface area contributed by atoms with Gasteiger partial charge in [-0.25, -0.2) is 0 Å². The summed E-state index contributed by atoms with van der Waals surface area (Å²) in [7, 11) is 0. The molecule has 1 amide bonds. The quantitative estimate of drug-likeness (QED) is 0.940. The van der Waals surface area contributed by atoms with E-state index in [9.17, 15) is 4.79 Å². The van der Waals surface area contributed by atoms with Crippen LogP contribution in [0.25, 0.3) is 0 Å². The van der Waals surface area contributed by atoms with Crippen molar-refractivity contribution in [2.24, 2.45) is 0 Å². The lowest BCUT2D eigenvalue weighted by Gasteiger charge is -2.10. The molecule has 0 saturated heterocycles. The fourth-order valence-corrected chi connectivity index (χ4v) is 2.34. The number of amides is 1. The number of ether oxygens (including phenoxy) is 2. The van der Waals surface area contributed by atoms with E-state index in [4.69, 9.17) is 9.47 Å². The Morgan fingerprint density at radius 1 is 1.05 bits per heavy atom. The van der Waals surface area contributed by atoms with Crippen molar-refractivity contribution >= 4 is 11.6 Å². The summed E-state index contributed by atoms with van der Waals surface area (Å²) in [6.45, 7) is 3.37. The molecule has 0 radical (unpaired) electrons. The number of hydrogen-bond acceptors (Lipinski definition) is 3. The SMILES string of the molecule is CCc1ccc(C(=O)Nc2ccc3c(c2)OCCCO3)cc1. The summed E-state index contributed by atoms with van der Waals surface area (Å²) in [6.07, 6.45) is 1.82. The second kappa shape index (κ2) is 6.52. The van der Waals surface area contributed by atoms with Gasteiger partial charge in [0.1, 0.15) is 0 Å². The first-order valence-electron chi connectivity index (χ1n) is 7.56. The summed E-state index contributed by atoms with van der Waals surface area (Å²) in [6, 6.07) is 13.1. The van der Waals surface area contributed by atoms with Crippen molar-refractivity contribution in [1.82, 2.24) is 0 Å². The zero-order chi connectivity index (χ0) is 15.4. The predicted molar refractivity (Wildman–Crippen MR) is 85.8 cm³/mol. The largest absolute Gasteiger partial charge is 0.490 e. The first-order chi connectivity index (χ1) is 10.8. The van der Waals surface area contributed by atoms with Gasteiger partial charge in [-0.05, 0) is 36.2 Å². The summed E-state index contributed by atoms with van der Waals surface area (Å²) in [5, 5.41) is 2.89. The van der Waals surface area contributed by atoms with E-state index in [1.54, 1.807) is 6.07 Å². The lowest BCUT2D eigenvalue weighted by molar-refractivity contribution is 0.102. The molecule has 0 unspecified atom stereocenters. The molecule has 0 fully saturated rings. The number of nitrogens with one attached hydrogen (secondary N) is 1. The van der Waals surface area contributed by atoms with Crippen molar-refractivity contribution in [1.29, 1.82) is 0 Å². The molecular weight excluding hydrogens is 278 g/mol. The fourth-order valence-electron chi connectivity index (χ4n) is 2.34. The van der Waals surface area contributed by atoms with Gasteiger partial charge >= 0.3 is 0 Å². The average Bonchev–Trinajstić information content (AvgIpc) is 2.79. The summed E-state index contributed by atoms with van der Waals surface area (Å²) in [4.78, 5) is 12.3. The summed E-state index contributed by atoms with van der Waals surface area (Å²) in [5.74, 6) is 1.27. The number of aryl methyl sites for hydroxylation is 1. The van der Waals surface area contributed by atoms with Gasteiger partial charge in [0.25, 0.3) is 5.91 Å². The van der Waals surface area contributed by atoms with E-state index in [0.717, 1.165) is 18.6 Å². The Morgan fingerprint density at radius 2 is 1.77 bits per heavy atom. The van der Waals surface area contributed by atoms with Crippen molar-refractivity contribution in [3.05, 3.63) is 53.6 Å². The highest BCUT2D eigenvalue weighted by molar-refractivity contribution is 6.04. The molecule has 114 valence electrons. The number of fused-ring (bicyclic) bond motifs is 1. The zero-order valence-electron chi connectivity index (χ0n) is 12.6. The minimum atomic E-state index is -0.128. The number of benzene rings is 2. The Morgan fingerprint density at radius 3 is 2.50 bits per heavy atom. The van der Waals surface area contributed by atoms with Crippen molar-refractivity contribution in [2.75, 3.05) is 18.5 Å². The van der Waals surface area contributed by atoms with Crippen LogP contribution in [-0.4, -0.2) is 19.1 Å². The van der Waals surface area contributed by atoms with Gasteiger partial charge in [-0.15, -0.1) is 0 Å². The van der Waals surface area contributed by atoms with Crippen LogP contribution in [0.1, 0.15) is 29.3 Å². The topological polar surface area (TPSA) is 47.6 Å². The smallest absolute Gasteiger partial charge is 0.255 e. The van der Waals surface area contributed by atoms with E-state index >= 15 is 0 Å². The normalized spacial score (nSPS) is 13.3. The first-order valence-corrected chi connectivity index (χ1v) is 7.56. The summed E-state index contributed by atoms with van der Waals surface area (Å²) >= 11 is 0. The Bertz CT molecular complexity index is 665. The molecular formula is C18H19NO3. The molecule has 2 aromatic carbocycles. The standard InChI is InChI=1S/C18H19NO3/c1-2-13-4-6-14(7-5-13)18(20)19-15-8-9-16-17(12-15)22-11-3-10-21-16/h4-9,12H,2-3,10-11H2,1H3,(H,19,20). The molecule has 1 aliphatic heterocycles. The van der Waals surface area contributed by atoms with Crippen LogP contribution in [-0.2, 0) is 6.42 Å². The van der Waals surface area contributed by atoms with E-state index in [0.29, 0.717) is 30.2 Å². The predicted octanol–water partition coefficient (Wildman–Crippen LogP) is 3.66. The molecule has 0 aromatic heterocycles.